The minimum Gasteiger partial charge on any atom is -0.478 e. The van der Waals surface area contributed by atoms with Gasteiger partial charge in [-0.1, -0.05) is 27.5 Å². The van der Waals surface area contributed by atoms with Gasteiger partial charge in [0.25, 0.3) is 5.91 Å². The number of carbonyl (C=O) groups is 1. The van der Waals surface area contributed by atoms with Gasteiger partial charge < -0.3 is 10.1 Å². The van der Waals surface area contributed by atoms with Crippen LogP contribution in [0.1, 0.15) is 6.92 Å². The Morgan fingerprint density at radius 3 is 2.64 bits per heavy atom. The highest BCUT2D eigenvalue weighted by Gasteiger charge is 2.18. The minimum absolute atomic E-state index is 0.0453. The molecule has 1 atom stereocenters. The summed E-state index contributed by atoms with van der Waals surface area (Å²) < 4.78 is 32.4. The van der Waals surface area contributed by atoms with E-state index in [4.69, 9.17) is 16.3 Å². The van der Waals surface area contributed by atoms with E-state index in [9.17, 15) is 13.6 Å². The number of hydrogen-bond acceptors (Lipinski definition) is 2. The van der Waals surface area contributed by atoms with Gasteiger partial charge in [-0.3, -0.25) is 4.79 Å². The lowest BCUT2D eigenvalue weighted by Gasteiger charge is -2.16. The summed E-state index contributed by atoms with van der Waals surface area (Å²) >= 11 is 8.95. The molecule has 2 rings (SSSR count). The van der Waals surface area contributed by atoms with Crippen LogP contribution >= 0.6 is 27.5 Å². The van der Waals surface area contributed by atoms with Crippen molar-refractivity contribution in [3.05, 3.63) is 57.5 Å². The van der Waals surface area contributed by atoms with Gasteiger partial charge in [0.05, 0.1) is 10.7 Å². The van der Waals surface area contributed by atoms with E-state index < -0.39 is 23.6 Å². The quantitative estimate of drug-likeness (QED) is 0.815. The molecule has 0 heterocycles. The Bertz CT molecular complexity index is 712. The number of hydrogen-bond donors (Lipinski definition) is 1. The van der Waals surface area contributed by atoms with E-state index in [1.807, 2.05) is 0 Å². The Labute approximate surface area is 139 Å². The van der Waals surface area contributed by atoms with Gasteiger partial charge in [-0.25, -0.2) is 8.78 Å². The molecule has 3 nitrogen and oxygen atoms in total. The molecule has 0 saturated carbocycles. The molecule has 0 aromatic heterocycles. The van der Waals surface area contributed by atoms with E-state index in [1.54, 1.807) is 6.07 Å². The standard InChI is InChI=1S/C15H11BrClF2NO2/c1-8(22-14-5-2-9(16)6-12(14)19)15(21)20-13-4-3-10(18)7-11(13)17/h2-8H,1H3,(H,20,21). The van der Waals surface area contributed by atoms with E-state index in [0.29, 0.717) is 4.47 Å². The molecular formula is C15H11BrClF2NO2. The molecule has 2 aromatic carbocycles. The Morgan fingerprint density at radius 1 is 1.27 bits per heavy atom. The average Bonchev–Trinajstić information content (AvgIpc) is 2.44. The van der Waals surface area contributed by atoms with E-state index in [0.717, 1.165) is 6.07 Å². The summed E-state index contributed by atoms with van der Waals surface area (Å²) in [5, 5.41) is 2.56. The summed E-state index contributed by atoms with van der Waals surface area (Å²) in [4.78, 5) is 12.0. The SMILES string of the molecule is CC(Oc1ccc(Br)cc1F)C(=O)Nc1ccc(F)cc1Cl. The Kier molecular flexibility index (Phi) is 5.37. The fourth-order valence-corrected chi connectivity index (χ4v) is 2.19. The van der Waals surface area contributed by atoms with Gasteiger partial charge in [0.2, 0.25) is 0 Å². The van der Waals surface area contributed by atoms with Crippen molar-refractivity contribution >= 4 is 39.1 Å². The number of amides is 1. The third-order valence-corrected chi connectivity index (χ3v) is 3.56. The molecule has 116 valence electrons. The van der Waals surface area contributed by atoms with E-state index in [2.05, 4.69) is 21.2 Å². The lowest BCUT2D eigenvalue weighted by atomic mass is 10.2. The zero-order chi connectivity index (χ0) is 16.3. The van der Waals surface area contributed by atoms with E-state index >= 15 is 0 Å². The Morgan fingerprint density at radius 2 is 2.00 bits per heavy atom. The maximum Gasteiger partial charge on any atom is 0.265 e. The van der Waals surface area contributed by atoms with Crippen molar-refractivity contribution in [3.63, 3.8) is 0 Å². The second-order valence-electron chi connectivity index (χ2n) is 4.45. The first-order valence-corrected chi connectivity index (χ1v) is 7.41. The van der Waals surface area contributed by atoms with Gasteiger partial charge >= 0.3 is 0 Å². The Balaban J connectivity index is 2.05. The van der Waals surface area contributed by atoms with Gasteiger partial charge in [-0.05, 0) is 43.3 Å². The van der Waals surface area contributed by atoms with Gasteiger partial charge in [-0.2, -0.15) is 0 Å². The molecule has 0 aliphatic carbocycles. The van der Waals surface area contributed by atoms with Crippen LogP contribution in [-0.2, 0) is 4.79 Å². The molecule has 0 fully saturated rings. The number of halogens is 4. The van der Waals surface area contributed by atoms with Crippen molar-refractivity contribution < 1.29 is 18.3 Å². The third kappa shape index (κ3) is 4.18. The zero-order valence-corrected chi connectivity index (χ0v) is 13.7. The first-order valence-electron chi connectivity index (χ1n) is 6.24. The topological polar surface area (TPSA) is 38.3 Å². The second kappa shape index (κ2) is 7.07. The van der Waals surface area contributed by atoms with Crippen LogP contribution in [0.2, 0.25) is 5.02 Å². The summed E-state index contributed by atoms with van der Waals surface area (Å²) in [7, 11) is 0. The van der Waals surface area contributed by atoms with Crippen LogP contribution < -0.4 is 10.1 Å². The monoisotopic (exact) mass is 389 g/mol. The molecule has 22 heavy (non-hydrogen) atoms. The summed E-state index contributed by atoms with van der Waals surface area (Å²) in [5.41, 5.74) is 0.250. The average molecular weight is 391 g/mol. The molecule has 0 spiro atoms. The van der Waals surface area contributed by atoms with E-state index in [-0.39, 0.29) is 16.5 Å². The van der Waals surface area contributed by atoms with Crippen molar-refractivity contribution in [1.29, 1.82) is 0 Å². The molecule has 7 heteroatoms. The van der Waals surface area contributed by atoms with Gasteiger partial charge in [0.15, 0.2) is 17.7 Å². The molecule has 0 saturated heterocycles. The molecule has 1 N–H and O–H groups in total. The largest absolute Gasteiger partial charge is 0.478 e. The maximum absolute atomic E-state index is 13.7. The van der Waals surface area contributed by atoms with Crippen LogP contribution in [-0.4, -0.2) is 12.0 Å². The van der Waals surface area contributed by atoms with Crippen molar-refractivity contribution in [2.75, 3.05) is 5.32 Å². The first kappa shape index (κ1) is 16.7. The Hall–Kier alpha value is -1.66. The smallest absolute Gasteiger partial charge is 0.265 e. The van der Waals surface area contributed by atoms with Crippen LogP contribution in [0.15, 0.2) is 40.9 Å². The van der Waals surface area contributed by atoms with E-state index in [1.165, 1.54) is 31.2 Å². The number of nitrogens with one attached hydrogen (secondary N) is 1. The normalized spacial score (nSPS) is 11.9. The molecule has 2 aromatic rings. The van der Waals surface area contributed by atoms with Crippen LogP contribution in [0.4, 0.5) is 14.5 Å². The highest BCUT2D eigenvalue weighted by Crippen LogP contribution is 2.24. The van der Waals surface area contributed by atoms with Crippen LogP contribution in [0.25, 0.3) is 0 Å². The maximum atomic E-state index is 13.7. The predicted molar refractivity (Wildman–Crippen MR) is 84.2 cm³/mol. The molecule has 0 aliphatic rings. The fraction of sp³-hybridized carbons (Fsp3) is 0.133. The summed E-state index contributed by atoms with van der Waals surface area (Å²) in [6.07, 6.45) is -0.961. The zero-order valence-electron chi connectivity index (χ0n) is 11.4. The van der Waals surface area contributed by atoms with Crippen molar-refractivity contribution in [1.82, 2.24) is 0 Å². The first-order chi connectivity index (χ1) is 10.4. The molecule has 1 unspecified atom stereocenters. The van der Waals surface area contributed by atoms with Crippen molar-refractivity contribution in [2.24, 2.45) is 0 Å². The number of anilines is 1. The highest BCUT2D eigenvalue weighted by atomic mass is 79.9. The van der Waals surface area contributed by atoms with Crippen LogP contribution in [0.3, 0.4) is 0 Å². The highest BCUT2D eigenvalue weighted by molar-refractivity contribution is 9.10. The van der Waals surface area contributed by atoms with Gasteiger partial charge in [0.1, 0.15) is 5.82 Å². The second-order valence-corrected chi connectivity index (χ2v) is 5.77. The van der Waals surface area contributed by atoms with Gasteiger partial charge in [-0.15, -0.1) is 0 Å². The number of ether oxygens (including phenoxy) is 1. The molecule has 0 aliphatic heterocycles. The molecule has 1 amide bonds. The van der Waals surface area contributed by atoms with Crippen molar-refractivity contribution in [3.8, 4) is 5.75 Å². The fourth-order valence-electron chi connectivity index (χ4n) is 1.64. The van der Waals surface area contributed by atoms with Gasteiger partial charge in [0, 0.05) is 4.47 Å². The minimum atomic E-state index is -0.961. The predicted octanol–water partition coefficient (Wildman–Crippen LogP) is 4.79. The summed E-state index contributed by atoms with van der Waals surface area (Å²) in [5.74, 6) is -1.68. The molecule has 0 radical (unpaired) electrons. The summed E-state index contributed by atoms with van der Waals surface area (Å²) in [6, 6.07) is 7.83. The number of carbonyl (C=O) groups excluding carboxylic acids is 1. The lowest BCUT2D eigenvalue weighted by Crippen LogP contribution is -2.30. The molecule has 0 bridgehead atoms. The van der Waals surface area contributed by atoms with Crippen LogP contribution in [0, 0.1) is 11.6 Å². The molecular weight excluding hydrogens is 380 g/mol. The van der Waals surface area contributed by atoms with Crippen molar-refractivity contribution in [2.45, 2.75) is 13.0 Å². The number of rotatable bonds is 4. The number of benzene rings is 2. The third-order valence-electron chi connectivity index (χ3n) is 2.76. The lowest BCUT2D eigenvalue weighted by molar-refractivity contribution is -0.122. The summed E-state index contributed by atoms with van der Waals surface area (Å²) in [6.45, 7) is 1.47. The van der Waals surface area contributed by atoms with Crippen LogP contribution in [0.5, 0.6) is 5.75 Å².